The van der Waals surface area contributed by atoms with Gasteiger partial charge in [0.05, 0.1) is 17.2 Å². The highest BCUT2D eigenvalue weighted by Crippen LogP contribution is 2.22. The molecule has 2 nitrogen and oxygen atoms in total. The lowest BCUT2D eigenvalue weighted by Gasteiger charge is -1.97. The summed E-state index contributed by atoms with van der Waals surface area (Å²) in [4.78, 5) is 11.0. The molecule has 0 spiro atoms. The molecule has 2 aromatic rings. The van der Waals surface area contributed by atoms with E-state index in [0.29, 0.717) is 11.0 Å². The van der Waals surface area contributed by atoms with Crippen LogP contribution in [0.1, 0.15) is 17.3 Å². The molecule has 1 aromatic heterocycles. The highest BCUT2D eigenvalue weighted by molar-refractivity contribution is 5.98. The van der Waals surface area contributed by atoms with Crippen molar-refractivity contribution in [1.82, 2.24) is 0 Å². The highest BCUT2D eigenvalue weighted by atomic mass is 19.1. The number of benzene rings is 1. The summed E-state index contributed by atoms with van der Waals surface area (Å²) in [6.45, 7) is 1.34. The number of rotatable bonds is 1. The molecule has 3 heteroatoms. The van der Waals surface area contributed by atoms with Crippen molar-refractivity contribution in [3.05, 3.63) is 35.8 Å². The first kappa shape index (κ1) is 7.98. The largest absolute Gasteiger partial charge is 0.464 e. The van der Waals surface area contributed by atoms with Crippen molar-refractivity contribution in [3.63, 3.8) is 0 Å². The van der Waals surface area contributed by atoms with Gasteiger partial charge in [-0.25, -0.2) is 4.39 Å². The maximum absolute atomic E-state index is 13.5. The first-order chi connectivity index (χ1) is 6.20. The number of hydrogen-bond donors (Lipinski definition) is 0. The van der Waals surface area contributed by atoms with Crippen molar-refractivity contribution < 1.29 is 13.6 Å². The molecule has 2 rings (SSSR count). The number of carbonyl (C=O) groups is 1. The number of furan rings is 1. The molecule has 66 valence electrons. The minimum absolute atomic E-state index is 0.105. The van der Waals surface area contributed by atoms with Gasteiger partial charge in [0, 0.05) is 0 Å². The molecule has 0 bridgehead atoms. The van der Waals surface area contributed by atoms with E-state index >= 15 is 0 Å². The Morgan fingerprint density at radius 1 is 1.38 bits per heavy atom. The average Bonchev–Trinajstić information content (AvgIpc) is 2.52. The van der Waals surface area contributed by atoms with Crippen molar-refractivity contribution >= 4 is 16.8 Å². The van der Waals surface area contributed by atoms with Crippen LogP contribution in [0.25, 0.3) is 11.0 Å². The van der Waals surface area contributed by atoms with Crippen LogP contribution < -0.4 is 0 Å². The second kappa shape index (κ2) is 2.69. The molecule has 0 aliphatic heterocycles. The molecule has 0 radical (unpaired) electrons. The molecule has 0 saturated carbocycles. The first-order valence-corrected chi connectivity index (χ1v) is 3.87. The molecular formula is C10H7FO2. The van der Waals surface area contributed by atoms with Crippen molar-refractivity contribution in [2.24, 2.45) is 0 Å². The molecule has 0 amide bonds. The second-order valence-electron chi connectivity index (χ2n) is 2.82. The Morgan fingerprint density at radius 3 is 2.85 bits per heavy atom. The lowest BCUT2D eigenvalue weighted by atomic mass is 10.1. The van der Waals surface area contributed by atoms with E-state index in [1.165, 1.54) is 25.3 Å². The number of Topliss-reactive ketones (excluding diaryl/α,β-unsaturated/α-hetero) is 1. The van der Waals surface area contributed by atoms with Gasteiger partial charge in [-0.3, -0.25) is 4.79 Å². The first-order valence-electron chi connectivity index (χ1n) is 3.87. The Balaban J connectivity index is 2.80. The summed E-state index contributed by atoms with van der Waals surface area (Å²) in [6, 6.07) is 4.54. The summed E-state index contributed by atoms with van der Waals surface area (Å²) in [5.41, 5.74) is 0.566. The van der Waals surface area contributed by atoms with Crippen LogP contribution in [0.4, 0.5) is 4.39 Å². The maximum Gasteiger partial charge on any atom is 0.162 e. The Kier molecular flexibility index (Phi) is 1.65. The van der Waals surface area contributed by atoms with E-state index in [4.69, 9.17) is 4.42 Å². The van der Waals surface area contributed by atoms with E-state index in [-0.39, 0.29) is 11.3 Å². The minimum atomic E-state index is -0.501. The monoisotopic (exact) mass is 178 g/mol. The van der Waals surface area contributed by atoms with Crippen molar-refractivity contribution in [1.29, 1.82) is 0 Å². The molecule has 0 unspecified atom stereocenters. The number of hydrogen-bond acceptors (Lipinski definition) is 2. The van der Waals surface area contributed by atoms with E-state index < -0.39 is 5.82 Å². The molecule has 0 atom stereocenters. The van der Waals surface area contributed by atoms with E-state index in [1.807, 2.05) is 0 Å². The van der Waals surface area contributed by atoms with Crippen LogP contribution in [0.15, 0.2) is 28.9 Å². The van der Waals surface area contributed by atoms with Crippen LogP contribution in [-0.2, 0) is 0 Å². The SMILES string of the molecule is CC(=O)c1ccc2occc2c1F. The molecule has 1 heterocycles. The van der Waals surface area contributed by atoms with E-state index in [1.54, 1.807) is 6.07 Å². The van der Waals surface area contributed by atoms with Crippen LogP contribution >= 0.6 is 0 Å². The second-order valence-corrected chi connectivity index (χ2v) is 2.82. The van der Waals surface area contributed by atoms with E-state index in [0.717, 1.165) is 0 Å². The molecule has 0 aliphatic rings. The highest BCUT2D eigenvalue weighted by Gasteiger charge is 2.11. The number of ketones is 1. The van der Waals surface area contributed by atoms with E-state index in [9.17, 15) is 9.18 Å². The summed E-state index contributed by atoms with van der Waals surface area (Å²) in [6.07, 6.45) is 1.40. The predicted molar refractivity (Wildman–Crippen MR) is 46.2 cm³/mol. The van der Waals surface area contributed by atoms with Gasteiger partial charge in [-0.1, -0.05) is 0 Å². The van der Waals surface area contributed by atoms with Gasteiger partial charge in [0.2, 0.25) is 0 Å². The fraction of sp³-hybridized carbons (Fsp3) is 0.100. The van der Waals surface area contributed by atoms with Gasteiger partial charge in [0.25, 0.3) is 0 Å². The lowest BCUT2D eigenvalue weighted by molar-refractivity contribution is 0.101. The summed E-state index contributed by atoms with van der Waals surface area (Å²) in [5, 5.41) is 0.354. The summed E-state index contributed by atoms with van der Waals surface area (Å²) >= 11 is 0. The third kappa shape index (κ3) is 1.13. The average molecular weight is 178 g/mol. The van der Waals surface area contributed by atoms with Gasteiger partial charge in [0.1, 0.15) is 11.4 Å². The standard InChI is InChI=1S/C10H7FO2/c1-6(12)7-2-3-9-8(10(7)11)4-5-13-9/h2-5H,1H3. The van der Waals surface area contributed by atoms with Crippen LogP contribution in [0, 0.1) is 5.82 Å². The van der Waals surface area contributed by atoms with Gasteiger partial charge >= 0.3 is 0 Å². The Labute approximate surface area is 74.0 Å². The van der Waals surface area contributed by atoms with Crippen LogP contribution in [0.2, 0.25) is 0 Å². The fourth-order valence-electron chi connectivity index (χ4n) is 1.28. The molecule has 0 saturated heterocycles. The van der Waals surface area contributed by atoms with Gasteiger partial charge in [-0.05, 0) is 25.1 Å². The summed E-state index contributed by atoms with van der Waals surface area (Å²) in [7, 11) is 0. The Hall–Kier alpha value is -1.64. The quantitative estimate of drug-likeness (QED) is 0.628. The van der Waals surface area contributed by atoms with Gasteiger partial charge < -0.3 is 4.42 Å². The van der Waals surface area contributed by atoms with Gasteiger partial charge in [0.15, 0.2) is 5.78 Å². The van der Waals surface area contributed by atoms with Gasteiger partial charge in [-0.2, -0.15) is 0 Å². The molecule has 13 heavy (non-hydrogen) atoms. The van der Waals surface area contributed by atoms with Crippen molar-refractivity contribution in [3.8, 4) is 0 Å². The third-order valence-corrected chi connectivity index (χ3v) is 1.95. The van der Waals surface area contributed by atoms with Crippen molar-refractivity contribution in [2.45, 2.75) is 6.92 Å². The number of fused-ring (bicyclic) bond motifs is 1. The van der Waals surface area contributed by atoms with Gasteiger partial charge in [-0.15, -0.1) is 0 Å². The van der Waals surface area contributed by atoms with Crippen molar-refractivity contribution in [2.75, 3.05) is 0 Å². The topological polar surface area (TPSA) is 30.2 Å². The Bertz CT molecular complexity index is 471. The molecule has 0 fully saturated rings. The van der Waals surface area contributed by atoms with E-state index in [2.05, 4.69) is 0 Å². The fourth-order valence-corrected chi connectivity index (χ4v) is 1.28. The van der Waals surface area contributed by atoms with Crippen LogP contribution in [0.3, 0.4) is 0 Å². The zero-order valence-corrected chi connectivity index (χ0v) is 7.00. The molecular weight excluding hydrogens is 171 g/mol. The lowest BCUT2D eigenvalue weighted by Crippen LogP contribution is -1.96. The third-order valence-electron chi connectivity index (χ3n) is 1.95. The smallest absolute Gasteiger partial charge is 0.162 e. The van der Waals surface area contributed by atoms with Crippen LogP contribution in [0.5, 0.6) is 0 Å². The minimum Gasteiger partial charge on any atom is -0.464 e. The number of halogens is 1. The number of carbonyl (C=O) groups excluding carboxylic acids is 1. The Morgan fingerprint density at radius 2 is 2.15 bits per heavy atom. The maximum atomic E-state index is 13.5. The molecule has 1 aromatic carbocycles. The predicted octanol–water partition coefficient (Wildman–Crippen LogP) is 2.77. The molecule has 0 aliphatic carbocycles. The summed E-state index contributed by atoms with van der Waals surface area (Å²) in [5.74, 6) is -0.778. The zero-order valence-electron chi connectivity index (χ0n) is 7.00. The molecule has 0 N–H and O–H groups in total. The van der Waals surface area contributed by atoms with Crippen LogP contribution in [-0.4, -0.2) is 5.78 Å². The zero-order chi connectivity index (χ0) is 9.42. The summed E-state index contributed by atoms with van der Waals surface area (Å²) < 4.78 is 18.5. The normalized spacial score (nSPS) is 10.6.